The van der Waals surface area contributed by atoms with Crippen molar-refractivity contribution in [3.8, 4) is 11.5 Å². The molecule has 0 saturated carbocycles. The van der Waals surface area contributed by atoms with Crippen molar-refractivity contribution < 1.29 is 23.4 Å². The predicted octanol–water partition coefficient (Wildman–Crippen LogP) is 4.28. The minimum atomic E-state index is -0.509. The Morgan fingerprint density at radius 3 is 2.74 bits per heavy atom. The summed E-state index contributed by atoms with van der Waals surface area (Å²) >= 11 is 3.43. The topological polar surface area (TPSA) is 57.9 Å². The van der Waals surface area contributed by atoms with E-state index in [9.17, 15) is 4.79 Å². The van der Waals surface area contributed by atoms with Gasteiger partial charge in [-0.2, -0.15) is 0 Å². The fraction of sp³-hybridized carbons (Fsp3) is 0.118. The summed E-state index contributed by atoms with van der Waals surface area (Å²) in [6.07, 6.45) is 0. The SMILES string of the molecule is O=C(OCc1cc2c(cc1Br)OCO2)c1cc2ccccc2o1. The number of rotatable bonds is 3. The van der Waals surface area contributed by atoms with Gasteiger partial charge in [0.15, 0.2) is 11.5 Å². The fourth-order valence-corrected chi connectivity index (χ4v) is 2.80. The predicted molar refractivity (Wildman–Crippen MR) is 85.6 cm³/mol. The lowest BCUT2D eigenvalue weighted by molar-refractivity contribution is 0.0437. The highest BCUT2D eigenvalue weighted by Crippen LogP contribution is 2.37. The Kier molecular flexibility index (Phi) is 3.46. The lowest BCUT2D eigenvalue weighted by Gasteiger charge is -2.07. The first-order valence-corrected chi connectivity index (χ1v) is 7.74. The molecule has 0 radical (unpaired) electrons. The van der Waals surface area contributed by atoms with E-state index >= 15 is 0 Å². The number of ether oxygens (including phenoxy) is 3. The molecule has 3 aromatic rings. The lowest BCUT2D eigenvalue weighted by Crippen LogP contribution is -2.04. The zero-order valence-corrected chi connectivity index (χ0v) is 13.5. The first-order valence-electron chi connectivity index (χ1n) is 6.94. The minimum absolute atomic E-state index is 0.104. The van der Waals surface area contributed by atoms with Crippen LogP contribution in [-0.2, 0) is 11.3 Å². The van der Waals surface area contributed by atoms with Crippen LogP contribution in [0.4, 0.5) is 0 Å². The molecule has 6 heteroatoms. The van der Waals surface area contributed by atoms with E-state index in [1.165, 1.54) is 0 Å². The first kappa shape index (κ1) is 14.1. The molecule has 0 bridgehead atoms. The molecule has 0 N–H and O–H groups in total. The monoisotopic (exact) mass is 374 g/mol. The molecule has 2 heterocycles. The Morgan fingerprint density at radius 1 is 1.13 bits per heavy atom. The van der Waals surface area contributed by atoms with E-state index < -0.39 is 5.97 Å². The highest BCUT2D eigenvalue weighted by molar-refractivity contribution is 9.10. The van der Waals surface area contributed by atoms with Crippen LogP contribution in [0.15, 0.2) is 51.4 Å². The molecule has 0 atom stereocenters. The van der Waals surface area contributed by atoms with Crippen molar-refractivity contribution in [3.05, 3.63) is 58.3 Å². The van der Waals surface area contributed by atoms with Gasteiger partial charge in [0, 0.05) is 15.4 Å². The Morgan fingerprint density at radius 2 is 1.91 bits per heavy atom. The molecule has 0 spiro atoms. The number of halogens is 1. The third kappa shape index (κ3) is 2.66. The molecule has 5 nitrogen and oxygen atoms in total. The van der Waals surface area contributed by atoms with E-state index in [1.807, 2.05) is 18.2 Å². The smallest absolute Gasteiger partial charge is 0.374 e. The van der Waals surface area contributed by atoms with E-state index in [2.05, 4.69) is 15.9 Å². The maximum Gasteiger partial charge on any atom is 0.374 e. The van der Waals surface area contributed by atoms with E-state index in [0.29, 0.717) is 17.1 Å². The maximum absolute atomic E-state index is 12.1. The van der Waals surface area contributed by atoms with Gasteiger partial charge in [-0.1, -0.05) is 34.1 Å². The van der Waals surface area contributed by atoms with Crippen molar-refractivity contribution >= 4 is 32.9 Å². The number of carbonyl (C=O) groups is 1. The van der Waals surface area contributed by atoms with E-state index in [0.717, 1.165) is 15.4 Å². The average molecular weight is 375 g/mol. The molecule has 1 aliphatic heterocycles. The lowest BCUT2D eigenvalue weighted by atomic mass is 10.2. The molecule has 1 aliphatic rings. The molecule has 0 aliphatic carbocycles. The number of fused-ring (bicyclic) bond motifs is 2. The van der Waals surface area contributed by atoms with Gasteiger partial charge in [0.1, 0.15) is 12.2 Å². The molecule has 2 aromatic carbocycles. The van der Waals surface area contributed by atoms with E-state index in [-0.39, 0.29) is 19.2 Å². The third-order valence-corrected chi connectivity index (χ3v) is 4.27. The molecule has 0 fully saturated rings. The first-order chi connectivity index (χ1) is 11.2. The van der Waals surface area contributed by atoms with Gasteiger partial charge < -0.3 is 18.6 Å². The quantitative estimate of drug-likeness (QED) is 0.640. The van der Waals surface area contributed by atoms with Crippen LogP contribution in [0.3, 0.4) is 0 Å². The molecule has 0 saturated heterocycles. The number of furan rings is 1. The number of hydrogen-bond donors (Lipinski definition) is 0. The van der Waals surface area contributed by atoms with Crippen LogP contribution in [0.1, 0.15) is 16.1 Å². The Bertz CT molecular complexity index is 866. The van der Waals surface area contributed by atoms with Crippen molar-refractivity contribution in [2.45, 2.75) is 6.61 Å². The molecule has 0 amide bonds. The normalized spacial score (nSPS) is 12.6. The molecule has 1 aromatic heterocycles. The number of para-hydroxylation sites is 1. The van der Waals surface area contributed by atoms with Gasteiger partial charge in [0.2, 0.25) is 12.6 Å². The number of benzene rings is 2. The van der Waals surface area contributed by atoms with Gasteiger partial charge in [0.05, 0.1) is 0 Å². The summed E-state index contributed by atoms with van der Waals surface area (Å²) in [7, 11) is 0. The van der Waals surface area contributed by atoms with Crippen molar-refractivity contribution in [2.24, 2.45) is 0 Å². The third-order valence-electron chi connectivity index (χ3n) is 3.53. The molecule has 4 rings (SSSR count). The summed E-state index contributed by atoms with van der Waals surface area (Å²) in [6, 6.07) is 12.7. The highest BCUT2D eigenvalue weighted by Gasteiger charge is 2.18. The van der Waals surface area contributed by atoms with Crippen molar-refractivity contribution in [3.63, 3.8) is 0 Å². The summed E-state index contributed by atoms with van der Waals surface area (Å²) in [5.74, 6) is 0.987. The largest absolute Gasteiger partial charge is 0.455 e. The van der Waals surface area contributed by atoms with Gasteiger partial charge >= 0.3 is 5.97 Å². The van der Waals surface area contributed by atoms with E-state index in [1.54, 1.807) is 24.3 Å². The Hall–Kier alpha value is -2.47. The van der Waals surface area contributed by atoms with Crippen LogP contribution in [0, 0.1) is 0 Å². The fourth-order valence-electron chi connectivity index (χ4n) is 2.37. The summed E-state index contributed by atoms with van der Waals surface area (Å²) in [4.78, 5) is 12.1. The Labute approximate surface area is 139 Å². The molecule has 116 valence electrons. The molecule has 0 unspecified atom stereocenters. The van der Waals surface area contributed by atoms with Crippen LogP contribution < -0.4 is 9.47 Å². The summed E-state index contributed by atoms with van der Waals surface area (Å²) in [5.41, 5.74) is 1.45. The standard InChI is InChI=1S/C17H11BrO5/c18-12-7-15-14(21-9-22-15)6-11(12)8-20-17(19)16-5-10-3-1-2-4-13(10)23-16/h1-7H,8-9H2. The zero-order chi connectivity index (χ0) is 15.8. The highest BCUT2D eigenvalue weighted by atomic mass is 79.9. The second-order valence-corrected chi connectivity index (χ2v) is 5.88. The molecular formula is C17H11BrO5. The Balaban J connectivity index is 1.51. The van der Waals surface area contributed by atoms with Gasteiger partial charge in [-0.15, -0.1) is 0 Å². The summed E-state index contributed by atoms with van der Waals surface area (Å²) in [5, 5.41) is 0.865. The number of carbonyl (C=O) groups excluding carboxylic acids is 1. The molecule has 23 heavy (non-hydrogen) atoms. The van der Waals surface area contributed by atoms with Gasteiger partial charge in [-0.3, -0.25) is 0 Å². The van der Waals surface area contributed by atoms with Crippen LogP contribution in [-0.4, -0.2) is 12.8 Å². The van der Waals surface area contributed by atoms with Crippen molar-refractivity contribution in [1.82, 2.24) is 0 Å². The van der Waals surface area contributed by atoms with Crippen LogP contribution in [0.5, 0.6) is 11.5 Å². The van der Waals surface area contributed by atoms with Crippen molar-refractivity contribution in [1.29, 1.82) is 0 Å². The second kappa shape index (κ2) is 5.62. The van der Waals surface area contributed by atoms with Crippen molar-refractivity contribution in [2.75, 3.05) is 6.79 Å². The number of hydrogen-bond acceptors (Lipinski definition) is 5. The summed E-state index contributed by atoms with van der Waals surface area (Å²) in [6.45, 7) is 0.303. The second-order valence-electron chi connectivity index (χ2n) is 5.02. The average Bonchev–Trinajstić information content (AvgIpc) is 3.18. The van der Waals surface area contributed by atoms with Gasteiger partial charge in [0.25, 0.3) is 0 Å². The van der Waals surface area contributed by atoms with Gasteiger partial charge in [-0.05, 0) is 24.3 Å². The maximum atomic E-state index is 12.1. The van der Waals surface area contributed by atoms with Crippen LogP contribution in [0.2, 0.25) is 0 Å². The van der Waals surface area contributed by atoms with E-state index in [4.69, 9.17) is 18.6 Å². The van der Waals surface area contributed by atoms with Crippen LogP contribution in [0.25, 0.3) is 11.0 Å². The molecular weight excluding hydrogens is 364 g/mol. The summed E-state index contributed by atoms with van der Waals surface area (Å²) < 4.78 is 22.2. The number of esters is 1. The minimum Gasteiger partial charge on any atom is -0.455 e. The van der Waals surface area contributed by atoms with Gasteiger partial charge in [-0.25, -0.2) is 4.79 Å². The zero-order valence-electron chi connectivity index (χ0n) is 11.9. The van der Waals surface area contributed by atoms with Crippen LogP contribution >= 0.6 is 15.9 Å².